The molecule has 2 aliphatic rings. The van der Waals surface area contributed by atoms with Crippen LogP contribution >= 0.6 is 0 Å². The van der Waals surface area contributed by atoms with E-state index in [1.807, 2.05) is 0 Å². The van der Waals surface area contributed by atoms with Crippen LogP contribution in [0.2, 0.25) is 0 Å². The van der Waals surface area contributed by atoms with Gasteiger partial charge in [-0.1, -0.05) is 32.6 Å². The van der Waals surface area contributed by atoms with E-state index >= 15 is 0 Å². The van der Waals surface area contributed by atoms with Crippen LogP contribution in [0.4, 0.5) is 8.78 Å². The van der Waals surface area contributed by atoms with E-state index in [4.69, 9.17) is 9.47 Å². The SMILES string of the molecule is CC1CCC(COc2ccc(OCC3CC[CH-]CC3)c(F)c2F)CC1.[Rb+]. The molecule has 0 atom stereocenters. The van der Waals surface area contributed by atoms with Crippen molar-refractivity contribution in [2.45, 2.75) is 58.3 Å². The van der Waals surface area contributed by atoms with Crippen molar-refractivity contribution in [3.8, 4) is 11.5 Å². The molecule has 0 bridgehead atoms. The van der Waals surface area contributed by atoms with Crippen LogP contribution in [0.3, 0.4) is 0 Å². The summed E-state index contributed by atoms with van der Waals surface area (Å²) in [7, 11) is 0. The molecule has 0 unspecified atom stereocenters. The zero-order valence-electron chi connectivity index (χ0n) is 16.1. The molecule has 0 N–H and O–H groups in total. The first-order valence-electron chi connectivity index (χ1n) is 9.68. The molecule has 26 heavy (non-hydrogen) atoms. The molecule has 0 aliphatic heterocycles. The number of halogens is 2. The second-order valence-corrected chi connectivity index (χ2v) is 7.75. The third-order valence-electron chi connectivity index (χ3n) is 5.65. The van der Waals surface area contributed by atoms with Crippen molar-refractivity contribution < 1.29 is 76.4 Å². The summed E-state index contributed by atoms with van der Waals surface area (Å²) < 4.78 is 39.6. The van der Waals surface area contributed by atoms with Crippen LogP contribution in [0.25, 0.3) is 0 Å². The van der Waals surface area contributed by atoms with E-state index in [1.165, 1.54) is 25.0 Å². The van der Waals surface area contributed by atoms with Gasteiger partial charge >= 0.3 is 58.2 Å². The number of ether oxygens (including phenoxy) is 2. The minimum absolute atomic E-state index is 0. The van der Waals surface area contributed by atoms with Crippen LogP contribution in [-0.4, -0.2) is 13.2 Å². The quantitative estimate of drug-likeness (QED) is 0.638. The fourth-order valence-electron chi connectivity index (χ4n) is 3.81. The summed E-state index contributed by atoms with van der Waals surface area (Å²) in [5.41, 5.74) is 0. The normalized spacial score (nSPS) is 24.0. The number of hydrogen-bond donors (Lipinski definition) is 0. The van der Waals surface area contributed by atoms with Crippen molar-refractivity contribution in [3.05, 3.63) is 30.2 Å². The van der Waals surface area contributed by atoms with Gasteiger partial charge in [0.2, 0.25) is 11.6 Å². The predicted molar refractivity (Wildman–Crippen MR) is 94.7 cm³/mol. The summed E-state index contributed by atoms with van der Waals surface area (Å²) in [6.45, 7) is 3.17. The van der Waals surface area contributed by atoms with Crippen molar-refractivity contribution in [1.29, 1.82) is 0 Å². The predicted octanol–water partition coefficient (Wildman–Crippen LogP) is 2.95. The van der Waals surface area contributed by atoms with Gasteiger partial charge < -0.3 is 15.9 Å². The van der Waals surface area contributed by atoms with Gasteiger partial charge in [0, 0.05) is 0 Å². The van der Waals surface area contributed by atoms with E-state index in [9.17, 15) is 8.78 Å². The Kier molecular flexibility index (Phi) is 10.1. The molecule has 0 heterocycles. The third kappa shape index (κ3) is 6.53. The van der Waals surface area contributed by atoms with Crippen molar-refractivity contribution in [2.75, 3.05) is 13.2 Å². The average Bonchev–Trinajstić information content (AvgIpc) is 2.64. The molecule has 3 rings (SSSR count). The van der Waals surface area contributed by atoms with E-state index in [1.54, 1.807) is 0 Å². The second kappa shape index (κ2) is 11.5. The van der Waals surface area contributed by atoms with E-state index in [2.05, 4.69) is 13.3 Å². The van der Waals surface area contributed by atoms with Gasteiger partial charge in [-0.3, -0.25) is 0 Å². The molecule has 5 heteroatoms. The molecule has 140 valence electrons. The smallest absolute Gasteiger partial charge is 0.490 e. The van der Waals surface area contributed by atoms with Crippen LogP contribution in [0.15, 0.2) is 12.1 Å². The van der Waals surface area contributed by atoms with Crippen molar-refractivity contribution in [3.63, 3.8) is 0 Å². The molecule has 2 saturated carbocycles. The van der Waals surface area contributed by atoms with Crippen molar-refractivity contribution in [1.82, 2.24) is 0 Å². The Labute approximate surface area is 205 Å². The summed E-state index contributed by atoms with van der Waals surface area (Å²) >= 11 is 0. The van der Waals surface area contributed by atoms with Gasteiger partial charge in [-0.05, 0) is 42.7 Å². The first-order valence-corrected chi connectivity index (χ1v) is 9.68. The number of rotatable bonds is 6. The van der Waals surface area contributed by atoms with Crippen LogP contribution in [-0.2, 0) is 0 Å². The molecule has 0 aromatic heterocycles. The van der Waals surface area contributed by atoms with Gasteiger partial charge in [0.15, 0.2) is 11.5 Å². The Morgan fingerprint density at radius 3 is 1.81 bits per heavy atom. The van der Waals surface area contributed by atoms with Crippen molar-refractivity contribution >= 4 is 0 Å². The zero-order valence-corrected chi connectivity index (χ0v) is 21.0. The van der Waals surface area contributed by atoms with Gasteiger partial charge in [-0.15, -0.1) is 0 Å². The second-order valence-electron chi connectivity index (χ2n) is 7.75. The molecule has 0 radical (unpaired) electrons. The van der Waals surface area contributed by atoms with E-state index < -0.39 is 11.6 Å². The van der Waals surface area contributed by atoms with E-state index in [-0.39, 0.29) is 69.7 Å². The fraction of sp³-hybridized carbons (Fsp3) is 0.667. The summed E-state index contributed by atoms with van der Waals surface area (Å²) in [5, 5.41) is 0. The topological polar surface area (TPSA) is 18.5 Å². The standard InChI is InChI=1S/C21H29F2O2.Rb/c1-15-7-9-17(10-8-15)14-25-19-12-11-18(20(22)21(19)23)24-13-16-5-3-2-4-6-16;/h2,11-12,15-17H,3-10,13-14H2,1H3;/q-1;+1. The Hall–Kier alpha value is 0.485. The summed E-state index contributed by atoms with van der Waals surface area (Å²) in [6.07, 6.45) is 11.1. The molecule has 2 nitrogen and oxygen atoms in total. The fourth-order valence-corrected chi connectivity index (χ4v) is 3.81. The van der Waals surface area contributed by atoms with Crippen molar-refractivity contribution in [2.24, 2.45) is 17.8 Å². The zero-order chi connectivity index (χ0) is 17.6. The van der Waals surface area contributed by atoms with Crippen LogP contribution in [0, 0.1) is 35.8 Å². The average molecular weight is 437 g/mol. The minimum atomic E-state index is -0.933. The Bertz CT molecular complexity index is 553. The molecular formula is C21H29F2O2Rb. The minimum Gasteiger partial charge on any atom is -0.490 e. The maximum absolute atomic E-state index is 14.3. The summed E-state index contributed by atoms with van der Waals surface area (Å²) in [6, 6.07) is 2.99. The monoisotopic (exact) mass is 436 g/mol. The maximum atomic E-state index is 14.3. The van der Waals surface area contributed by atoms with Gasteiger partial charge in [-0.25, -0.2) is 0 Å². The molecule has 0 saturated heterocycles. The van der Waals surface area contributed by atoms with Gasteiger partial charge in [0.25, 0.3) is 0 Å². The van der Waals surface area contributed by atoms with Crippen LogP contribution < -0.4 is 67.7 Å². The van der Waals surface area contributed by atoms with Gasteiger partial charge in [0.05, 0.1) is 13.2 Å². The van der Waals surface area contributed by atoms with E-state index in [0.717, 1.165) is 44.4 Å². The third-order valence-corrected chi connectivity index (χ3v) is 5.65. The number of benzene rings is 1. The van der Waals surface area contributed by atoms with E-state index in [0.29, 0.717) is 25.0 Å². The maximum Gasteiger partial charge on any atom is 1.00 e. The molecule has 1 aromatic carbocycles. The first-order chi connectivity index (χ1) is 12.1. The molecule has 2 aliphatic carbocycles. The van der Waals surface area contributed by atoms with Gasteiger partial charge in [-0.2, -0.15) is 21.6 Å². The van der Waals surface area contributed by atoms with Crippen LogP contribution in [0.1, 0.15) is 58.3 Å². The Morgan fingerprint density at radius 2 is 1.31 bits per heavy atom. The molecule has 1 aromatic rings. The molecule has 0 spiro atoms. The Balaban J connectivity index is 0.00000243. The first kappa shape index (κ1) is 22.8. The largest absolute Gasteiger partial charge is 1.00 e. The van der Waals surface area contributed by atoms with Crippen LogP contribution in [0.5, 0.6) is 11.5 Å². The number of hydrogen-bond acceptors (Lipinski definition) is 2. The van der Waals surface area contributed by atoms with Gasteiger partial charge in [0.1, 0.15) is 0 Å². The molecular weight excluding hydrogens is 408 g/mol. The molecule has 2 fully saturated rings. The molecule has 0 amide bonds. The summed E-state index contributed by atoms with van der Waals surface area (Å²) in [5.74, 6) is -0.240. The Morgan fingerprint density at radius 1 is 0.846 bits per heavy atom. The summed E-state index contributed by atoms with van der Waals surface area (Å²) in [4.78, 5) is 0.